The summed E-state index contributed by atoms with van der Waals surface area (Å²) in [5.74, 6) is 0.0729. The Morgan fingerprint density at radius 2 is 2.13 bits per heavy atom. The van der Waals surface area contributed by atoms with Gasteiger partial charge in [0, 0.05) is 18.0 Å². The van der Waals surface area contributed by atoms with Crippen LogP contribution >= 0.6 is 22.9 Å². The molecule has 124 valence electrons. The second-order valence-electron chi connectivity index (χ2n) is 5.92. The zero-order valence-electron chi connectivity index (χ0n) is 13.8. The third kappa shape index (κ3) is 5.34. The number of aryl methyl sites for hydroxylation is 2. The molecule has 0 aliphatic heterocycles. The van der Waals surface area contributed by atoms with E-state index in [1.165, 1.54) is 5.56 Å². The number of amides is 1. The minimum absolute atomic E-state index is 0.0729. The van der Waals surface area contributed by atoms with E-state index in [4.69, 9.17) is 11.6 Å². The fourth-order valence-electron chi connectivity index (χ4n) is 2.41. The summed E-state index contributed by atoms with van der Waals surface area (Å²) >= 11 is 7.80. The number of hydrogen-bond acceptors (Lipinski definition) is 3. The minimum Gasteiger partial charge on any atom is -0.354 e. The molecule has 1 aromatic carbocycles. The highest BCUT2D eigenvalue weighted by Crippen LogP contribution is 2.20. The molecule has 0 radical (unpaired) electrons. The van der Waals surface area contributed by atoms with Crippen LogP contribution in [0.3, 0.4) is 0 Å². The fraction of sp³-hybridized carbons (Fsp3) is 0.389. The summed E-state index contributed by atoms with van der Waals surface area (Å²) in [6.07, 6.45) is 1.18. The third-order valence-corrected chi connectivity index (χ3v) is 5.03. The van der Waals surface area contributed by atoms with Crippen molar-refractivity contribution < 1.29 is 4.79 Å². The van der Waals surface area contributed by atoms with Crippen LogP contribution in [0.4, 0.5) is 0 Å². The molecule has 0 fully saturated rings. The largest absolute Gasteiger partial charge is 0.354 e. The van der Waals surface area contributed by atoms with Crippen LogP contribution in [0.25, 0.3) is 0 Å². The Hall–Kier alpha value is -1.36. The Bertz CT molecular complexity index is 640. The Morgan fingerprint density at radius 1 is 1.35 bits per heavy atom. The van der Waals surface area contributed by atoms with E-state index in [0.717, 1.165) is 16.1 Å². The highest BCUT2D eigenvalue weighted by atomic mass is 35.5. The molecular formula is C18H23ClN2OS. The molecule has 0 saturated carbocycles. The minimum atomic E-state index is 0.0729. The number of nitrogens with one attached hydrogen (secondary N) is 1. The van der Waals surface area contributed by atoms with Crippen molar-refractivity contribution >= 4 is 28.8 Å². The van der Waals surface area contributed by atoms with Gasteiger partial charge in [-0.15, -0.1) is 0 Å². The number of hydrogen-bond donors (Lipinski definition) is 1. The van der Waals surface area contributed by atoms with Gasteiger partial charge in [0.1, 0.15) is 0 Å². The van der Waals surface area contributed by atoms with Gasteiger partial charge in [0.15, 0.2) is 0 Å². The standard InChI is InChI=1S/C18H23ClN2OS/c1-13-4-5-14(10-16(13)19)6-7-18(22)20-11-17(21(2)3)15-8-9-23-12-15/h4-5,8-10,12,17H,6-7,11H2,1-3H3,(H,20,22). The molecule has 1 atom stereocenters. The topological polar surface area (TPSA) is 32.3 Å². The van der Waals surface area contributed by atoms with Gasteiger partial charge in [0.25, 0.3) is 0 Å². The lowest BCUT2D eigenvalue weighted by atomic mass is 10.1. The van der Waals surface area contributed by atoms with Crippen LogP contribution in [0.1, 0.15) is 29.2 Å². The van der Waals surface area contributed by atoms with E-state index in [2.05, 4.69) is 27.0 Å². The van der Waals surface area contributed by atoms with Crippen molar-refractivity contribution in [3.05, 3.63) is 56.7 Å². The Kier molecular flexibility index (Phi) is 6.63. The van der Waals surface area contributed by atoms with Crippen molar-refractivity contribution in [2.24, 2.45) is 0 Å². The van der Waals surface area contributed by atoms with Crippen molar-refractivity contribution in [1.82, 2.24) is 10.2 Å². The summed E-state index contributed by atoms with van der Waals surface area (Å²) in [5.41, 5.74) is 3.40. The molecule has 0 spiro atoms. The number of carbonyl (C=O) groups is 1. The van der Waals surface area contributed by atoms with Gasteiger partial charge in [0.2, 0.25) is 5.91 Å². The summed E-state index contributed by atoms with van der Waals surface area (Å²) in [6.45, 7) is 2.60. The molecule has 1 N–H and O–H groups in total. The highest BCUT2D eigenvalue weighted by Gasteiger charge is 2.15. The van der Waals surface area contributed by atoms with Crippen LogP contribution in [0.15, 0.2) is 35.0 Å². The summed E-state index contributed by atoms with van der Waals surface area (Å²) in [6, 6.07) is 8.28. The predicted molar refractivity (Wildman–Crippen MR) is 98.3 cm³/mol. The monoisotopic (exact) mass is 350 g/mol. The number of halogens is 1. The number of likely N-dealkylation sites (N-methyl/N-ethyl adjacent to an activating group) is 1. The molecule has 2 rings (SSSR count). The molecule has 5 heteroatoms. The van der Waals surface area contributed by atoms with E-state index in [-0.39, 0.29) is 11.9 Å². The second-order valence-corrected chi connectivity index (χ2v) is 7.11. The molecule has 3 nitrogen and oxygen atoms in total. The van der Waals surface area contributed by atoms with Crippen molar-refractivity contribution in [3.63, 3.8) is 0 Å². The second kappa shape index (κ2) is 8.48. The molecule has 0 aliphatic carbocycles. The van der Waals surface area contributed by atoms with Crippen molar-refractivity contribution in [1.29, 1.82) is 0 Å². The SMILES string of the molecule is Cc1ccc(CCC(=O)NCC(c2ccsc2)N(C)C)cc1Cl. The molecule has 0 bridgehead atoms. The smallest absolute Gasteiger partial charge is 0.220 e. The lowest BCUT2D eigenvalue weighted by Gasteiger charge is -2.24. The summed E-state index contributed by atoms with van der Waals surface area (Å²) in [7, 11) is 4.06. The molecule has 2 aromatic rings. The van der Waals surface area contributed by atoms with Gasteiger partial charge >= 0.3 is 0 Å². The van der Waals surface area contributed by atoms with Crippen LogP contribution < -0.4 is 5.32 Å². The van der Waals surface area contributed by atoms with Gasteiger partial charge in [-0.05, 0) is 67.0 Å². The number of nitrogens with zero attached hydrogens (tertiary/aromatic N) is 1. The van der Waals surface area contributed by atoms with Gasteiger partial charge < -0.3 is 10.2 Å². The number of rotatable bonds is 7. The van der Waals surface area contributed by atoms with E-state index in [0.29, 0.717) is 19.4 Å². The summed E-state index contributed by atoms with van der Waals surface area (Å²) in [5, 5.41) is 7.99. The van der Waals surface area contributed by atoms with Gasteiger partial charge in [-0.3, -0.25) is 4.79 Å². The molecular weight excluding hydrogens is 328 g/mol. The molecule has 1 heterocycles. The van der Waals surface area contributed by atoms with E-state index >= 15 is 0 Å². The van der Waals surface area contributed by atoms with Gasteiger partial charge in [0.05, 0.1) is 6.04 Å². The van der Waals surface area contributed by atoms with Crippen LogP contribution in [0.2, 0.25) is 5.02 Å². The maximum absolute atomic E-state index is 12.1. The van der Waals surface area contributed by atoms with E-state index in [1.54, 1.807) is 11.3 Å². The van der Waals surface area contributed by atoms with E-state index in [9.17, 15) is 4.79 Å². The van der Waals surface area contributed by atoms with Crippen molar-refractivity contribution in [2.75, 3.05) is 20.6 Å². The van der Waals surface area contributed by atoms with E-state index < -0.39 is 0 Å². The average Bonchev–Trinajstić information content (AvgIpc) is 3.02. The molecule has 23 heavy (non-hydrogen) atoms. The molecule has 1 amide bonds. The Balaban J connectivity index is 1.83. The van der Waals surface area contributed by atoms with Gasteiger partial charge in [-0.2, -0.15) is 11.3 Å². The van der Waals surface area contributed by atoms with Crippen LogP contribution in [-0.2, 0) is 11.2 Å². The molecule has 0 saturated heterocycles. The number of thiophene rings is 1. The van der Waals surface area contributed by atoms with Crippen molar-refractivity contribution in [3.8, 4) is 0 Å². The zero-order valence-corrected chi connectivity index (χ0v) is 15.4. The van der Waals surface area contributed by atoms with Crippen molar-refractivity contribution in [2.45, 2.75) is 25.8 Å². The quantitative estimate of drug-likeness (QED) is 0.816. The van der Waals surface area contributed by atoms with Gasteiger partial charge in [-0.1, -0.05) is 23.7 Å². The lowest BCUT2D eigenvalue weighted by molar-refractivity contribution is -0.121. The van der Waals surface area contributed by atoms with Crippen LogP contribution in [-0.4, -0.2) is 31.4 Å². The first-order chi connectivity index (χ1) is 11.0. The first-order valence-electron chi connectivity index (χ1n) is 7.67. The predicted octanol–water partition coefficient (Wildman–Crippen LogP) is 4.06. The average molecular weight is 351 g/mol. The maximum Gasteiger partial charge on any atom is 0.220 e. The fourth-order valence-corrected chi connectivity index (χ4v) is 3.32. The highest BCUT2D eigenvalue weighted by molar-refractivity contribution is 7.07. The van der Waals surface area contributed by atoms with E-state index in [1.807, 2.05) is 39.2 Å². The van der Waals surface area contributed by atoms with Crippen LogP contribution in [0.5, 0.6) is 0 Å². The Labute approximate surface area is 147 Å². The third-order valence-electron chi connectivity index (χ3n) is 3.92. The first-order valence-corrected chi connectivity index (χ1v) is 8.99. The number of benzene rings is 1. The normalized spacial score (nSPS) is 12.4. The van der Waals surface area contributed by atoms with Crippen LogP contribution in [0, 0.1) is 6.92 Å². The number of carbonyl (C=O) groups excluding carboxylic acids is 1. The van der Waals surface area contributed by atoms with Gasteiger partial charge in [-0.25, -0.2) is 0 Å². The first kappa shape index (κ1) is 18.0. The maximum atomic E-state index is 12.1. The lowest BCUT2D eigenvalue weighted by Crippen LogP contribution is -2.34. The molecule has 0 aliphatic rings. The Morgan fingerprint density at radius 3 is 2.74 bits per heavy atom. The molecule has 1 unspecified atom stereocenters. The molecule has 1 aromatic heterocycles. The zero-order chi connectivity index (χ0) is 16.8. The summed E-state index contributed by atoms with van der Waals surface area (Å²) < 4.78 is 0. The summed E-state index contributed by atoms with van der Waals surface area (Å²) in [4.78, 5) is 14.2.